The van der Waals surface area contributed by atoms with Crippen molar-refractivity contribution < 1.29 is 18.0 Å². The van der Waals surface area contributed by atoms with Crippen LogP contribution in [0.3, 0.4) is 0 Å². The van der Waals surface area contributed by atoms with Gasteiger partial charge in [0.15, 0.2) is 0 Å². The number of benzene rings is 1. The molecule has 0 heterocycles. The maximum Gasteiger partial charge on any atom is 0.416 e. The number of anilines is 1. The number of carbonyl (C=O) groups excluding carboxylic acids is 1. The molecule has 6 heteroatoms. The Hall–Kier alpha value is -1.56. The quantitative estimate of drug-likeness (QED) is 0.874. The average molecular weight is 260 g/mol. The summed E-state index contributed by atoms with van der Waals surface area (Å²) in [6.07, 6.45) is -3.07. The molecule has 0 aliphatic rings. The number of halogens is 3. The van der Waals surface area contributed by atoms with Crippen LogP contribution < -0.4 is 11.1 Å². The number of nitrogens with two attached hydrogens (primary N) is 1. The van der Waals surface area contributed by atoms with Gasteiger partial charge in [-0.05, 0) is 30.7 Å². The van der Waals surface area contributed by atoms with Crippen LogP contribution >= 0.6 is 0 Å². The molecule has 0 unspecified atom stereocenters. The van der Waals surface area contributed by atoms with Crippen molar-refractivity contribution in [1.82, 2.24) is 0 Å². The van der Waals surface area contributed by atoms with E-state index in [1.165, 1.54) is 12.1 Å². The Morgan fingerprint density at radius 3 is 2.33 bits per heavy atom. The molecule has 1 aromatic rings. The second-order valence-electron chi connectivity index (χ2n) is 3.96. The van der Waals surface area contributed by atoms with Gasteiger partial charge in [-0.25, -0.2) is 0 Å². The zero-order valence-electron chi connectivity index (χ0n) is 9.92. The Morgan fingerprint density at radius 2 is 1.89 bits per heavy atom. The van der Waals surface area contributed by atoms with E-state index in [2.05, 4.69) is 5.32 Å². The maximum atomic E-state index is 12.3. The second kappa shape index (κ2) is 5.86. The molecule has 3 nitrogen and oxygen atoms in total. The first kappa shape index (κ1) is 14.5. The predicted molar refractivity (Wildman–Crippen MR) is 63.0 cm³/mol. The van der Waals surface area contributed by atoms with Crippen molar-refractivity contribution in [3.8, 4) is 0 Å². The molecule has 0 saturated heterocycles. The van der Waals surface area contributed by atoms with E-state index in [4.69, 9.17) is 5.73 Å². The third-order valence-corrected chi connectivity index (χ3v) is 2.42. The van der Waals surface area contributed by atoms with Crippen LogP contribution in [-0.2, 0) is 11.0 Å². The van der Waals surface area contributed by atoms with Gasteiger partial charge in [0.25, 0.3) is 0 Å². The van der Waals surface area contributed by atoms with Gasteiger partial charge in [0.1, 0.15) is 0 Å². The van der Waals surface area contributed by atoms with Crippen LogP contribution in [0.2, 0.25) is 0 Å². The Kier molecular flexibility index (Phi) is 4.72. The summed E-state index contributed by atoms with van der Waals surface area (Å²) in [4.78, 5) is 11.5. The fraction of sp³-hybridized carbons (Fsp3) is 0.417. The van der Waals surface area contributed by atoms with Crippen molar-refractivity contribution in [2.24, 2.45) is 5.73 Å². The predicted octanol–water partition coefficient (Wildman–Crippen LogP) is 2.77. The van der Waals surface area contributed by atoms with Gasteiger partial charge in [-0.1, -0.05) is 13.3 Å². The fourth-order valence-electron chi connectivity index (χ4n) is 1.42. The highest BCUT2D eigenvalue weighted by atomic mass is 19.4. The van der Waals surface area contributed by atoms with E-state index in [0.29, 0.717) is 12.1 Å². The van der Waals surface area contributed by atoms with E-state index in [-0.39, 0.29) is 0 Å². The van der Waals surface area contributed by atoms with Crippen molar-refractivity contribution in [2.45, 2.75) is 32.0 Å². The van der Waals surface area contributed by atoms with Gasteiger partial charge in [0.2, 0.25) is 5.91 Å². The summed E-state index contributed by atoms with van der Waals surface area (Å²) in [5, 5.41) is 2.47. The number of alkyl halides is 3. The minimum atomic E-state index is -4.37. The first-order valence-electron chi connectivity index (χ1n) is 5.58. The SMILES string of the molecule is CCC[C@@H](N)C(=O)Nc1ccc(C(F)(F)F)cc1. The molecule has 1 aromatic carbocycles. The van der Waals surface area contributed by atoms with E-state index in [1.54, 1.807) is 0 Å². The lowest BCUT2D eigenvalue weighted by atomic mass is 10.1. The standard InChI is InChI=1S/C12H15F3N2O/c1-2-3-10(16)11(18)17-9-6-4-8(5-7-9)12(13,14)15/h4-7,10H,2-3,16H2,1H3,(H,17,18)/t10-/m1/s1. The number of carbonyl (C=O) groups is 1. The Bertz CT molecular complexity index is 401. The zero-order chi connectivity index (χ0) is 13.8. The number of amides is 1. The Labute approximate surface area is 103 Å². The van der Waals surface area contributed by atoms with Crippen LogP contribution in [0.25, 0.3) is 0 Å². The maximum absolute atomic E-state index is 12.3. The molecule has 0 radical (unpaired) electrons. The molecule has 3 N–H and O–H groups in total. The molecule has 18 heavy (non-hydrogen) atoms. The average Bonchev–Trinajstić information content (AvgIpc) is 2.28. The molecule has 0 aromatic heterocycles. The molecule has 0 saturated carbocycles. The van der Waals surface area contributed by atoms with E-state index >= 15 is 0 Å². The highest BCUT2D eigenvalue weighted by Crippen LogP contribution is 2.29. The van der Waals surface area contributed by atoms with E-state index in [0.717, 1.165) is 18.6 Å². The van der Waals surface area contributed by atoms with Gasteiger partial charge < -0.3 is 11.1 Å². The number of hydrogen-bond acceptors (Lipinski definition) is 2. The van der Waals surface area contributed by atoms with E-state index < -0.39 is 23.7 Å². The van der Waals surface area contributed by atoms with Crippen LogP contribution in [-0.4, -0.2) is 11.9 Å². The highest BCUT2D eigenvalue weighted by molar-refractivity contribution is 5.94. The first-order chi connectivity index (χ1) is 8.34. The minimum absolute atomic E-state index is 0.305. The van der Waals surface area contributed by atoms with Crippen LogP contribution in [0.4, 0.5) is 18.9 Å². The molecule has 1 amide bonds. The third kappa shape index (κ3) is 4.03. The van der Waals surface area contributed by atoms with Crippen molar-refractivity contribution in [2.75, 3.05) is 5.32 Å². The summed E-state index contributed by atoms with van der Waals surface area (Å²) in [5.74, 6) is -0.392. The lowest BCUT2D eigenvalue weighted by molar-refractivity contribution is -0.137. The molecule has 100 valence electrons. The van der Waals surface area contributed by atoms with Gasteiger partial charge in [-0.3, -0.25) is 4.79 Å². The van der Waals surface area contributed by atoms with Crippen LogP contribution in [0, 0.1) is 0 Å². The van der Waals surface area contributed by atoms with Gasteiger partial charge in [-0.15, -0.1) is 0 Å². The summed E-state index contributed by atoms with van der Waals surface area (Å²) < 4.78 is 36.9. The molecular weight excluding hydrogens is 245 g/mol. The smallest absolute Gasteiger partial charge is 0.325 e. The summed E-state index contributed by atoms with van der Waals surface area (Å²) >= 11 is 0. The van der Waals surface area contributed by atoms with Crippen molar-refractivity contribution in [1.29, 1.82) is 0 Å². The molecule has 1 atom stereocenters. The number of hydrogen-bond donors (Lipinski definition) is 2. The van der Waals surface area contributed by atoms with Gasteiger partial charge in [0, 0.05) is 5.69 Å². The second-order valence-corrected chi connectivity index (χ2v) is 3.96. The van der Waals surface area contributed by atoms with Crippen molar-refractivity contribution in [3.63, 3.8) is 0 Å². The van der Waals surface area contributed by atoms with E-state index in [9.17, 15) is 18.0 Å². The topological polar surface area (TPSA) is 55.1 Å². The molecule has 0 aliphatic carbocycles. The molecule has 0 fully saturated rings. The summed E-state index contributed by atoms with van der Waals surface area (Å²) in [5.41, 5.74) is 5.14. The minimum Gasteiger partial charge on any atom is -0.325 e. The Balaban J connectivity index is 2.67. The fourth-order valence-corrected chi connectivity index (χ4v) is 1.42. The normalized spacial score (nSPS) is 13.2. The largest absolute Gasteiger partial charge is 0.416 e. The molecule has 0 aliphatic heterocycles. The molecule has 1 rings (SSSR count). The summed E-state index contributed by atoms with van der Waals surface area (Å²) in [7, 11) is 0. The van der Waals surface area contributed by atoms with Crippen LogP contribution in [0.15, 0.2) is 24.3 Å². The number of nitrogens with one attached hydrogen (secondary N) is 1. The third-order valence-electron chi connectivity index (χ3n) is 2.42. The Morgan fingerprint density at radius 1 is 1.33 bits per heavy atom. The first-order valence-corrected chi connectivity index (χ1v) is 5.58. The molecular formula is C12H15F3N2O. The van der Waals surface area contributed by atoms with Gasteiger partial charge in [0.05, 0.1) is 11.6 Å². The highest BCUT2D eigenvalue weighted by Gasteiger charge is 2.30. The van der Waals surface area contributed by atoms with Gasteiger partial charge >= 0.3 is 6.18 Å². The monoisotopic (exact) mass is 260 g/mol. The number of rotatable bonds is 4. The van der Waals surface area contributed by atoms with Crippen molar-refractivity contribution >= 4 is 11.6 Å². The molecule has 0 bridgehead atoms. The van der Waals surface area contributed by atoms with Crippen LogP contribution in [0.5, 0.6) is 0 Å². The van der Waals surface area contributed by atoms with Gasteiger partial charge in [-0.2, -0.15) is 13.2 Å². The van der Waals surface area contributed by atoms with E-state index in [1.807, 2.05) is 6.92 Å². The summed E-state index contributed by atoms with van der Waals surface area (Å²) in [6.45, 7) is 1.89. The zero-order valence-corrected chi connectivity index (χ0v) is 9.92. The molecule has 0 spiro atoms. The van der Waals surface area contributed by atoms with Crippen LogP contribution in [0.1, 0.15) is 25.3 Å². The summed E-state index contributed by atoms with van der Waals surface area (Å²) in [6, 6.07) is 3.61. The lowest BCUT2D eigenvalue weighted by Gasteiger charge is -2.12. The van der Waals surface area contributed by atoms with Crippen molar-refractivity contribution in [3.05, 3.63) is 29.8 Å². The lowest BCUT2D eigenvalue weighted by Crippen LogP contribution is -2.35.